The fraction of sp³-hybridized carbons (Fsp3) is 0.312. The summed E-state index contributed by atoms with van der Waals surface area (Å²) in [7, 11) is 1.68. The normalized spacial score (nSPS) is 16.2. The lowest BCUT2D eigenvalue weighted by Crippen LogP contribution is -2.35. The van der Waals surface area contributed by atoms with E-state index in [-0.39, 0.29) is 11.4 Å². The average molecular weight is 302 g/mol. The summed E-state index contributed by atoms with van der Waals surface area (Å²) in [6.45, 7) is 6.00. The van der Waals surface area contributed by atoms with E-state index in [4.69, 9.17) is 22.7 Å². The molecular weight excluding hydrogens is 276 g/mol. The van der Waals surface area contributed by atoms with E-state index < -0.39 is 0 Å². The van der Waals surface area contributed by atoms with Crippen LogP contribution in [0, 0.1) is 5.41 Å². The lowest BCUT2D eigenvalue weighted by molar-refractivity contribution is 0.389. The van der Waals surface area contributed by atoms with E-state index in [0.717, 1.165) is 18.4 Å². The molecule has 0 atom stereocenters. The second-order valence-corrected chi connectivity index (χ2v) is 5.04. The van der Waals surface area contributed by atoms with Crippen LogP contribution in [-0.4, -0.2) is 24.3 Å². The van der Waals surface area contributed by atoms with Crippen molar-refractivity contribution in [2.24, 2.45) is 17.3 Å². The van der Waals surface area contributed by atoms with Crippen molar-refractivity contribution in [2.45, 2.75) is 19.8 Å². The Hall–Kier alpha value is -2.47. The number of rotatable bonds is 7. The predicted molar refractivity (Wildman–Crippen MR) is 92.4 cm³/mol. The van der Waals surface area contributed by atoms with Gasteiger partial charge >= 0.3 is 0 Å². The van der Waals surface area contributed by atoms with E-state index >= 15 is 0 Å². The molecule has 0 aromatic heterocycles. The first-order valence-corrected chi connectivity index (χ1v) is 7.15. The van der Waals surface area contributed by atoms with E-state index in [1.165, 1.54) is 6.08 Å². The van der Waals surface area contributed by atoms with Gasteiger partial charge in [0.05, 0.1) is 23.7 Å². The van der Waals surface area contributed by atoms with Crippen molar-refractivity contribution < 1.29 is 0 Å². The van der Waals surface area contributed by atoms with E-state index in [0.29, 0.717) is 23.6 Å². The molecule has 0 aromatic carbocycles. The van der Waals surface area contributed by atoms with Gasteiger partial charge in [-0.1, -0.05) is 30.9 Å². The molecule has 0 aromatic rings. The van der Waals surface area contributed by atoms with Gasteiger partial charge in [0.1, 0.15) is 5.82 Å². The van der Waals surface area contributed by atoms with Gasteiger partial charge in [0, 0.05) is 12.6 Å². The molecule has 0 amide bonds. The van der Waals surface area contributed by atoms with Crippen LogP contribution in [0.1, 0.15) is 19.8 Å². The summed E-state index contributed by atoms with van der Waals surface area (Å²) in [6, 6.07) is 0. The van der Waals surface area contributed by atoms with Gasteiger partial charge in [-0.15, -0.1) is 0 Å². The van der Waals surface area contributed by atoms with Crippen molar-refractivity contribution in [1.29, 1.82) is 5.41 Å². The van der Waals surface area contributed by atoms with Crippen LogP contribution in [0.15, 0.2) is 59.2 Å². The van der Waals surface area contributed by atoms with Crippen LogP contribution in [-0.2, 0) is 0 Å². The smallest absolute Gasteiger partial charge is 0.105 e. The van der Waals surface area contributed by atoms with Gasteiger partial charge in [-0.3, -0.25) is 5.41 Å². The van der Waals surface area contributed by atoms with Gasteiger partial charge in [0.25, 0.3) is 0 Å². The number of nitrogens with zero attached hydrogens (tertiary/aromatic N) is 1. The number of hydrogen-bond acceptors (Lipinski definition) is 6. The lowest BCUT2D eigenvalue weighted by atomic mass is 10.1. The maximum absolute atomic E-state index is 8.19. The molecule has 0 aliphatic heterocycles. The number of nitrogens with one attached hydrogen (secondary N) is 2. The summed E-state index contributed by atoms with van der Waals surface area (Å²) in [5, 5.41) is 12.5. The highest BCUT2D eigenvalue weighted by Crippen LogP contribution is 2.15. The van der Waals surface area contributed by atoms with Crippen molar-refractivity contribution >= 4 is 5.71 Å². The molecule has 0 saturated carbocycles. The second-order valence-electron chi connectivity index (χ2n) is 5.04. The minimum Gasteiger partial charge on any atom is -0.396 e. The Morgan fingerprint density at radius 1 is 1.45 bits per heavy atom. The minimum atomic E-state index is 0.1000. The standard InChI is InChI=1S/C16H26N6/c1-4-13(16(19)21-3)15(18)14(17)11(2)22(20)10-12-8-6-5-7-9-12/h4,6,8-9,18,21H,1,5,7,10,17,19-20H2,2-3H3/b14-11-,16-13-,18-15?. The molecule has 22 heavy (non-hydrogen) atoms. The van der Waals surface area contributed by atoms with Crippen LogP contribution in [0.4, 0.5) is 0 Å². The monoisotopic (exact) mass is 302 g/mol. The highest BCUT2D eigenvalue weighted by molar-refractivity contribution is 6.12. The zero-order valence-corrected chi connectivity index (χ0v) is 13.3. The third kappa shape index (κ3) is 4.26. The van der Waals surface area contributed by atoms with Gasteiger partial charge < -0.3 is 21.8 Å². The lowest BCUT2D eigenvalue weighted by Gasteiger charge is -2.23. The summed E-state index contributed by atoms with van der Waals surface area (Å²) >= 11 is 0. The topological polar surface area (TPSA) is 117 Å². The van der Waals surface area contributed by atoms with E-state index in [9.17, 15) is 0 Å². The molecule has 0 radical (unpaired) electrons. The van der Waals surface area contributed by atoms with Crippen molar-refractivity contribution in [3.8, 4) is 0 Å². The molecule has 1 aliphatic carbocycles. The Balaban J connectivity index is 2.95. The van der Waals surface area contributed by atoms with E-state index in [1.54, 1.807) is 19.0 Å². The molecule has 8 N–H and O–H groups in total. The van der Waals surface area contributed by atoms with E-state index in [1.807, 2.05) is 0 Å². The van der Waals surface area contributed by atoms with Gasteiger partial charge in [0.15, 0.2) is 0 Å². The quantitative estimate of drug-likeness (QED) is 0.210. The fourth-order valence-corrected chi connectivity index (χ4v) is 2.06. The first kappa shape index (κ1) is 17.6. The van der Waals surface area contributed by atoms with Crippen LogP contribution >= 0.6 is 0 Å². The van der Waals surface area contributed by atoms with Crippen molar-refractivity contribution in [3.05, 3.63) is 59.2 Å². The summed E-state index contributed by atoms with van der Waals surface area (Å²) in [4.78, 5) is 0. The maximum atomic E-state index is 8.19. The van der Waals surface area contributed by atoms with Crippen LogP contribution in [0.5, 0.6) is 0 Å². The molecule has 0 spiro atoms. The Labute approximate surface area is 132 Å². The predicted octanol–water partition coefficient (Wildman–Crippen LogP) is 1.22. The minimum absolute atomic E-state index is 0.1000. The SMILES string of the molecule is C=C/C(C(=N)/C(N)=C(\C)N(N)CC1=CCCC=C1)=C(\N)NC. The number of hydrazine groups is 1. The summed E-state index contributed by atoms with van der Waals surface area (Å²) in [5.41, 5.74) is 14.5. The fourth-order valence-electron chi connectivity index (χ4n) is 2.06. The first-order chi connectivity index (χ1) is 10.4. The molecule has 0 bridgehead atoms. The zero-order chi connectivity index (χ0) is 16.7. The molecule has 120 valence electrons. The molecule has 0 fully saturated rings. The maximum Gasteiger partial charge on any atom is 0.105 e. The molecule has 0 heterocycles. The molecule has 6 heteroatoms. The number of allylic oxidation sites excluding steroid dienone is 5. The molecule has 6 nitrogen and oxygen atoms in total. The van der Waals surface area contributed by atoms with Gasteiger partial charge in [0.2, 0.25) is 0 Å². The zero-order valence-electron chi connectivity index (χ0n) is 13.3. The summed E-state index contributed by atoms with van der Waals surface area (Å²) in [5.74, 6) is 6.42. The Bertz CT molecular complexity index is 565. The van der Waals surface area contributed by atoms with Crippen LogP contribution in [0.25, 0.3) is 0 Å². The first-order valence-electron chi connectivity index (χ1n) is 7.15. The Morgan fingerprint density at radius 2 is 2.14 bits per heavy atom. The summed E-state index contributed by atoms with van der Waals surface area (Å²) in [6.07, 6.45) is 9.93. The van der Waals surface area contributed by atoms with Gasteiger partial charge in [-0.2, -0.15) is 0 Å². The van der Waals surface area contributed by atoms with E-state index in [2.05, 4.69) is 30.1 Å². The van der Waals surface area contributed by atoms with Crippen LogP contribution in [0.3, 0.4) is 0 Å². The Kier molecular flexibility index (Phi) is 6.47. The molecule has 1 aliphatic rings. The van der Waals surface area contributed by atoms with Crippen LogP contribution < -0.4 is 22.6 Å². The largest absolute Gasteiger partial charge is 0.396 e. The molecule has 0 unspecified atom stereocenters. The highest BCUT2D eigenvalue weighted by atomic mass is 15.4. The number of nitrogens with two attached hydrogens (primary N) is 3. The third-order valence-corrected chi connectivity index (χ3v) is 3.55. The van der Waals surface area contributed by atoms with Gasteiger partial charge in [-0.25, -0.2) is 5.84 Å². The average Bonchev–Trinajstić information content (AvgIpc) is 2.54. The van der Waals surface area contributed by atoms with Crippen LogP contribution in [0.2, 0.25) is 0 Å². The summed E-state index contributed by atoms with van der Waals surface area (Å²) < 4.78 is 0. The molecular formula is C16H26N6. The highest BCUT2D eigenvalue weighted by Gasteiger charge is 2.14. The molecule has 1 rings (SSSR count). The van der Waals surface area contributed by atoms with Crippen molar-refractivity contribution in [1.82, 2.24) is 10.3 Å². The molecule has 0 saturated heterocycles. The third-order valence-electron chi connectivity index (χ3n) is 3.55. The van der Waals surface area contributed by atoms with Gasteiger partial charge in [-0.05, 0) is 25.3 Å². The Morgan fingerprint density at radius 3 is 2.64 bits per heavy atom. The van der Waals surface area contributed by atoms with Crippen molar-refractivity contribution in [3.63, 3.8) is 0 Å². The second kappa shape index (κ2) is 8.09. The number of hydrogen-bond donors (Lipinski definition) is 5. The van der Waals surface area contributed by atoms with Crippen molar-refractivity contribution in [2.75, 3.05) is 13.6 Å².